The summed E-state index contributed by atoms with van der Waals surface area (Å²) in [6.45, 7) is 1.94. The molecule has 0 aromatic carbocycles. The zero-order chi connectivity index (χ0) is 12.3. The van der Waals surface area contributed by atoms with Crippen LogP contribution in [-0.2, 0) is 6.42 Å². The van der Waals surface area contributed by atoms with Gasteiger partial charge in [-0.2, -0.15) is 0 Å². The number of halogens is 1. The summed E-state index contributed by atoms with van der Waals surface area (Å²) in [4.78, 5) is 3.98. The molecule has 2 heterocycles. The number of hydrogen-bond acceptors (Lipinski definition) is 3. The van der Waals surface area contributed by atoms with Crippen molar-refractivity contribution >= 4 is 11.6 Å². The Kier molecular flexibility index (Phi) is 3.82. The summed E-state index contributed by atoms with van der Waals surface area (Å²) < 4.78 is 5.33. The maximum Gasteiger partial charge on any atom is 0.101 e. The van der Waals surface area contributed by atoms with Gasteiger partial charge < -0.3 is 9.73 Å². The highest BCUT2D eigenvalue weighted by molar-refractivity contribution is 6.31. The minimum atomic E-state index is 0.201. The van der Waals surface area contributed by atoms with E-state index >= 15 is 0 Å². The van der Waals surface area contributed by atoms with Gasteiger partial charge in [0.2, 0.25) is 0 Å². The Labute approximate surface area is 106 Å². The summed E-state index contributed by atoms with van der Waals surface area (Å²) in [5.41, 5.74) is 2.22. The average Bonchev–Trinajstić information content (AvgIpc) is 2.75. The minimum Gasteiger partial charge on any atom is -0.469 e. The molecule has 2 aromatic rings. The van der Waals surface area contributed by atoms with Crippen LogP contribution in [-0.4, -0.2) is 12.0 Å². The first-order valence-corrected chi connectivity index (χ1v) is 5.89. The Morgan fingerprint density at radius 2 is 2.35 bits per heavy atom. The molecule has 0 fully saturated rings. The van der Waals surface area contributed by atoms with Crippen LogP contribution in [0.3, 0.4) is 0 Å². The SMILES string of the molecule is CNC(Cc1ccncc1Cl)c1coc(C)c1. The molecule has 1 N–H and O–H groups in total. The van der Waals surface area contributed by atoms with Gasteiger partial charge in [0.05, 0.1) is 11.3 Å². The first-order chi connectivity index (χ1) is 8.20. The van der Waals surface area contributed by atoms with Crippen LogP contribution in [0.2, 0.25) is 5.02 Å². The van der Waals surface area contributed by atoms with Crippen molar-refractivity contribution in [3.63, 3.8) is 0 Å². The molecule has 4 heteroatoms. The van der Waals surface area contributed by atoms with E-state index in [0.29, 0.717) is 5.02 Å². The first-order valence-electron chi connectivity index (χ1n) is 5.51. The standard InChI is InChI=1S/C13H15ClN2O/c1-9-5-11(8-17-9)13(15-2)6-10-3-4-16-7-12(10)14/h3-5,7-8,13,15H,6H2,1-2H3. The molecule has 90 valence electrons. The van der Waals surface area contributed by atoms with E-state index in [4.69, 9.17) is 16.0 Å². The third-order valence-corrected chi connectivity index (χ3v) is 3.12. The Morgan fingerprint density at radius 3 is 2.94 bits per heavy atom. The smallest absolute Gasteiger partial charge is 0.101 e. The number of likely N-dealkylation sites (N-methyl/N-ethyl adjacent to an activating group) is 1. The highest BCUT2D eigenvalue weighted by Gasteiger charge is 2.13. The van der Waals surface area contributed by atoms with Crippen LogP contribution in [0.15, 0.2) is 35.2 Å². The number of furan rings is 1. The topological polar surface area (TPSA) is 38.1 Å². The molecule has 0 amide bonds. The molecular formula is C13H15ClN2O. The summed E-state index contributed by atoms with van der Waals surface area (Å²) >= 11 is 6.10. The number of pyridine rings is 1. The molecule has 17 heavy (non-hydrogen) atoms. The average molecular weight is 251 g/mol. The Bertz CT molecular complexity index is 496. The van der Waals surface area contributed by atoms with Crippen molar-refractivity contribution in [2.45, 2.75) is 19.4 Å². The van der Waals surface area contributed by atoms with Crippen LogP contribution < -0.4 is 5.32 Å². The second kappa shape index (κ2) is 5.34. The van der Waals surface area contributed by atoms with E-state index in [9.17, 15) is 0 Å². The fraction of sp³-hybridized carbons (Fsp3) is 0.308. The van der Waals surface area contributed by atoms with Crippen LogP contribution in [0.25, 0.3) is 0 Å². The molecule has 0 bridgehead atoms. The zero-order valence-corrected chi connectivity index (χ0v) is 10.7. The van der Waals surface area contributed by atoms with Crippen molar-refractivity contribution in [3.05, 3.63) is 52.7 Å². The fourth-order valence-electron chi connectivity index (χ4n) is 1.82. The third kappa shape index (κ3) is 2.87. The monoisotopic (exact) mass is 250 g/mol. The minimum absolute atomic E-state index is 0.201. The molecule has 2 aromatic heterocycles. The molecule has 0 aliphatic heterocycles. The van der Waals surface area contributed by atoms with E-state index in [2.05, 4.69) is 10.3 Å². The lowest BCUT2D eigenvalue weighted by molar-refractivity contribution is 0.520. The molecule has 1 atom stereocenters. The number of rotatable bonds is 4. The van der Waals surface area contributed by atoms with Crippen molar-refractivity contribution in [3.8, 4) is 0 Å². The molecular weight excluding hydrogens is 236 g/mol. The number of aromatic nitrogens is 1. The van der Waals surface area contributed by atoms with E-state index in [1.54, 1.807) is 18.7 Å². The second-order valence-corrected chi connectivity index (χ2v) is 4.41. The van der Waals surface area contributed by atoms with Crippen molar-refractivity contribution in [2.75, 3.05) is 7.05 Å². The van der Waals surface area contributed by atoms with Gasteiger partial charge in [-0.15, -0.1) is 0 Å². The highest BCUT2D eigenvalue weighted by atomic mass is 35.5. The highest BCUT2D eigenvalue weighted by Crippen LogP contribution is 2.23. The summed E-state index contributed by atoms with van der Waals surface area (Å²) in [7, 11) is 1.93. The summed E-state index contributed by atoms with van der Waals surface area (Å²) in [6.07, 6.45) is 6.03. The van der Waals surface area contributed by atoms with Crippen molar-refractivity contribution < 1.29 is 4.42 Å². The molecule has 0 aliphatic rings. The number of aryl methyl sites for hydroxylation is 1. The predicted octanol–water partition coefficient (Wildman–Crippen LogP) is 3.14. The molecule has 0 aliphatic carbocycles. The van der Waals surface area contributed by atoms with E-state index in [1.165, 1.54) is 0 Å². The molecule has 0 saturated carbocycles. The molecule has 2 rings (SSSR count). The first kappa shape index (κ1) is 12.1. The normalized spacial score (nSPS) is 12.6. The van der Waals surface area contributed by atoms with Crippen LogP contribution in [0, 0.1) is 6.92 Å². The number of nitrogens with zero attached hydrogens (tertiary/aromatic N) is 1. The summed E-state index contributed by atoms with van der Waals surface area (Å²) in [5.74, 6) is 0.918. The molecule has 1 unspecified atom stereocenters. The molecule has 0 radical (unpaired) electrons. The van der Waals surface area contributed by atoms with Crippen molar-refractivity contribution in [1.29, 1.82) is 0 Å². The zero-order valence-electron chi connectivity index (χ0n) is 9.90. The summed E-state index contributed by atoms with van der Waals surface area (Å²) in [5, 5.41) is 3.97. The maximum atomic E-state index is 6.10. The van der Waals surface area contributed by atoms with E-state index in [-0.39, 0.29) is 6.04 Å². The third-order valence-electron chi connectivity index (χ3n) is 2.78. The van der Waals surface area contributed by atoms with Crippen molar-refractivity contribution in [1.82, 2.24) is 10.3 Å². The van der Waals surface area contributed by atoms with Crippen LogP contribution in [0.4, 0.5) is 0 Å². The Hall–Kier alpha value is -1.32. The quantitative estimate of drug-likeness (QED) is 0.906. The van der Waals surface area contributed by atoms with Crippen LogP contribution >= 0.6 is 11.6 Å². The van der Waals surface area contributed by atoms with Gasteiger partial charge >= 0.3 is 0 Å². The lowest BCUT2D eigenvalue weighted by Gasteiger charge is -2.14. The maximum absolute atomic E-state index is 6.10. The number of hydrogen-bond donors (Lipinski definition) is 1. The van der Waals surface area contributed by atoms with Gasteiger partial charge in [0.15, 0.2) is 0 Å². The van der Waals surface area contributed by atoms with Gasteiger partial charge in [-0.25, -0.2) is 0 Å². The van der Waals surface area contributed by atoms with E-state index in [0.717, 1.165) is 23.3 Å². The van der Waals surface area contributed by atoms with Gasteiger partial charge in [-0.3, -0.25) is 4.98 Å². The number of nitrogens with one attached hydrogen (secondary N) is 1. The van der Waals surface area contributed by atoms with E-state index < -0.39 is 0 Å². The molecule has 0 spiro atoms. The van der Waals surface area contributed by atoms with E-state index in [1.807, 2.05) is 26.1 Å². The lowest BCUT2D eigenvalue weighted by Crippen LogP contribution is -2.18. The Morgan fingerprint density at radius 1 is 1.53 bits per heavy atom. The van der Waals surface area contributed by atoms with Gasteiger partial charge in [-0.1, -0.05) is 11.6 Å². The predicted molar refractivity (Wildman–Crippen MR) is 68.2 cm³/mol. The largest absolute Gasteiger partial charge is 0.469 e. The van der Waals surface area contributed by atoms with Gasteiger partial charge in [0.1, 0.15) is 5.76 Å². The van der Waals surface area contributed by atoms with Crippen LogP contribution in [0.1, 0.15) is 22.9 Å². The van der Waals surface area contributed by atoms with Crippen LogP contribution in [0.5, 0.6) is 0 Å². The Balaban J connectivity index is 2.18. The lowest BCUT2D eigenvalue weighted by atomic mass is 10.0. The summed E-state index contributed by atoms with van der Waals surface area (Å²) in [6, 6.07) is 4.18. The van der Waals surface area contributed by atoms with Gasteiger partial charge in [-0.05, 0) is 38.1 Å². The second-order valence-electron chi connectivity index (χ2n) is 4.00. The molecule has 3 nitrogen and oxygen atoms in total. The fourth-order valence-corrected chi connectivity index (χ4v) is 2.02. The molecule has 0 saturated heterocycles. The van der Waals surface area contributed by atoms with Gasteiger partial charge in [0.25, 0.3) is 0 Å². The van der Waals surface area contributed by atoms with Gasteiger partial charge in [0, 0.05) is 24.0 Å². The van der Waals surface area contributed by atoms with Crippen molar-refractivity contribution in [2.24, 2.45) is 0 Å².